The van der Waals surface area contributed by atoms with E-state index in [-0.39, 0.29) is 24.5 Å². The van der Waals surface area contributed by atoms with Gasteiger partial charge in [-0.25, -0.2) is 4.31 Å². The molecule has 5 nitrogen and oxygen atoms in total. The highest BCUT2D eigenvalue weighted by molar-refractivity contribution is 7.67. The third-order valence-corrected chi connectivity index (χ3v) is 6.79. The lowest BCUT2D eigenvalue weighted by atomic mass is 10.5. The highest BCUT2D eigenvalue weighted by Gasteiger charge is 2.36. The van der Waals surface area contributed by atoms with Crippen LogP contribution in [-0.2, 0) is 22.5 Å². The fourth-order valence-electron chi connectivity index (χ4n) is 1.13. The van der Waals surface area contributed by atoms with Gasteiger partial charge in [0.25, 0.3) is 0 Å². The van der Waals surface area contributed by atoms with Crippen LogP contribution in [0.3, 0.4) is 0 Å². The van der Waals surface area contributed by atoms with Gasteiger partial charge < -0.3 is 9.05 Å². The van der Waals surface area contributed by atoms with Gasteiger partial charge in [-0.2, -0.15) is 0 Å². The average molecular weight is 286 g/mol. The second-order valence-corrected chi connectivity index (χ2v) is 9.03. The van der Waals surface area contributed by atoms with E-state index in [9.17, 15) is 9.13 Å². The van der Waals surface area contributed by atoms with Crippen molar-refractivity contribution in [2.75, 3.05) is 12.3 Å². The molecule has 0 aromatic carbocycles. The van der Waals surface area contributed by atoms with Gasteiger partial charge in [-0.3, -0.25) is 9.13 Å². The third kappa shape index (κ3) is 6.73. The molecule has 0 amide bonds. The predicted molar refractivity (Wildman–Crippen MR) is 69.8 cm³/mol. The second kappa shape index (κ2) is 7.06. The van der Waals surface area contributed by atoms with Crippen LogP contribution in [0.5, 0.6) is 0 Å². The minimum absolute atomic E-state index is 0.177. The molecular weight excluding hydrogens is 262 g/mol. The van der Waals surface area contributed by atoms with Crippen molar-refractivity contribution in [3.63, 3.8) is 0 Å². The Hall–Kier alpha value is 0.340. The van der Waals surface area contributed by atoms with Crippen molar-refractivity contribution in [1.29, 1.82) is 0 Å². The molecule has 2 atom stereocenters. The lowest BCUT2D eigenvalue weighted by Crippen LogP contribution is -2.08. The molecule has 2 unspecified atom stereocenters. The maximum Gasteiger partial charge on any atom is 0.337 e. The van der Waals surface area contributed by atoms with E-state index in [1.807, 2.05) is 0 Å². The Labute approximate surface area is 104 Å². The molecule has 0 spiro atoms. The molecule has 0 saturated carbocycles. The third-order valence-electron chi connectivity index (χ3n) is 1.77. The zero-order chi connectivity index (χ0) is 13.7. The Bertz CT molecular complexity index is 284. The van der Waals surface area contributed by atoms with Gasteiger partial charge in [-0.05, 0) is 27.7 Å². The largest absolute Gasteiger partial charge is 0.337 e. The maximum absolute atomic E-state index is 12.3. The summed E-state index contributed by atoms with van der Waals surface area (Å²) in [4.78, 5) is 0. The average Bonchev–Trinajstić information content (AvgIpc) is 2.15. The predicted octanol–water partition coefficient (Wildman–Crippen LogP) is 4.28. The topological polar surface area (TPSA) is 61.8 Å². The zero-order valence-corrected chi connectivity index (χ0v) is 13.3. The first kappa shape index (κ1) is 17.3. The van der Waals surface area contributed by atoms with Gasteiger partial charge in [0.05, 0.1) is 12.2 Å². The summed E-state index contributed by atoms with van der Waals surface area (Å²) in [5, 5.41) is 0. The van der Waals surface area contributed by atoms with Crippen molar-refractivity contribution in [3.8, 4) is 0 Å². The van der Waals surface area contributed by atoms with Gasteiger partial charge >= 0.3 is 15.2 Å². The maximum atomic E-state index is 12.3. The van der Waals surface area contributed by atoms with Crippen LogP contribution in [0.15, 0.2) is 0 Å². The molecule has 0 aliphatic carbocycles. The summed E-state index contributed by atoms with van der Waals surface area (Å²) in [5.41, 5.74) is 0. The molecule has 0 aliphatic heterocycles. The van der Waals surface area contributed by atoms with E-state index in [2.05, 4.69) is 0 Å². The molecule has 0 N–H and O–H groups in total. The Morgan fingerprint density at radius 1 is 0.824 bits per heavy atom. The van der Waals surface area contributed by atoms with Crippen LogP contribution in [0.4, 0.5) is 0 Å². The van der Waals surface area contributed by atoms with Crippen molar-refractivity contribution in [3.05, 3.63) is 0 Å². The summed E-state index contributed by atoms with van der Waals surface area (Å²) in [5.74, 6) is 0. The van der Waals surface area contributed by atoms with E-state index in [1.54, 1.807) is 41.5 Å². The molecule has 104 valence electrons. The quantitative estimate of drug-likeness (QED) is 0.623. The van der Waals surface area contributed by atoms with E-state index in [0.29, 0.717) is 0 Å². The summed E-state index contributed by atoms with van der Waals surface area (Å²) in [6.07, 6.45) is -0.136. The molecule has 17 heavy (non-hydrogen) atoms. The SMILES string of the molecule is CCP(=O)(OC(C)C)OP(=O)(CC)OC(C)C. The first-order valence-corrected chi connectivity index (χ1v) is 9.38. The van der Waals surface area contributed by atoms with Crippen LogP contribution in [0, 0.1) is 0 Å². The molecule has 7 heteroatoms. The van der Waals surface area contributed by atoms with Crippen LogP contribution in [0.25, 0.3) is 0 Å². The van der Waals surface area contributed by atoms with E-state index in [4.69, 9.17) is 13.4 Å². The zero-order valence-electron chi connectivity index (χ0n) is 11.5. The summed E-state index contributed by atoms with van der Waals surface area (Å²) in [7, 11) is -6.68. The van der Waals surface area contributed by atoms with E-state index < -0.39 is 15.2 Å². The molecule has 0 saturated heterocycles. The van der Waals surface area contributed by atoms with E-state index >= 15 is 0 Å². The molecule has 0 aliphatic rings. The smallest absolute Gasteiger partial charge is 0.306 e. The molecule has 0 fully saturated rings. The molecule has 0 radical (unpaired) electrons. The number of hydrogen-bond acceptors (Lipinski definition) is 5. The van der Waals surface area contributed by atoms with Crippen LogP contribution in [-0.4, -0.2) is 24.5 Å². The van der Waals surface area contributed by atoms with Gasteiger partial charge in [0.15, 0.2) is 0 Å². The van der Waals surface area contributed by atoms with Crippen molar-refractivity contribution < 1.29 is 22.5 Å². The summed E-state index contributed by atoms with van der Waals surface area (Å²) in [6.45, 7) is 10.4. The normalized spacial score (nSPS) is 19.3. The molecule has 0 aromatic rings. The van der Waals surface area contributed by atoms with Crippen LogP contribution < -0.4 is 0 Å². The molecule has 0 bridgehead atoms. The van der Waals surface area contributed by atoms with Gasteiger partial charge in [0.2, 0.25) is 0 Å². The molecule has 0 heterocycles. The van der Waals surface area contributed by atoms with Crippen LogP contribution in [0.2, 0.25) is 0 Å². The first-order chi connectivity index (χ1) is 7.66. The fraction of sp³-hybridized carbons (Fsp3) is 1.00. The number of rotatable bonds is 8. The monoisotopic (exact) mass is 286 g/mol. The van der Waals surface area contributed by atoms with Crippen LogP contribution in [0.1, 0.15) is 41.5 Å². The lowest BCUT2D eigenvalue weighted by Gasteiger charge is -2.25. The first-order valence-electron chi connectivity index (χ1n) is 5.92. The van der Waals surface area contributed by atoms with E-state index in [1.165, 1.54) is 0 Å². The van der Waals surface area contributed by atoms with Gasteiger partial charge in [0, 0.05) is 12.3 Å². The number of hydrogen-bond donors (Lipinski definition) is 0. The second-order valence-electron chi connectivity index (χ2n) is 4.24. The Kier molecular flexibility index (Phi) is 7.20. The molecule has 0 rings (SSSR count). The minimum atomic E-state index is -3.34. The van der Waals surface area contributed by atoms with Crippen LogP contribution >= 0.6 is 15.2 Å². The van der Waals surface area contributed by atoms with Crippen molar-refractivity contribution in [1.82, 2.24) is 0 Å². The van der Waals surface area contributed by atoms with Gasteiger partial charge in [0.1, 0.15) is 0 Å². The Morgan fingerprint density at radius 2 is 1.12 bits per heavy atom. The molecular formula is C10H24O5P2. The Balaban J connectivity index is 4.84. The Morgan fingerprint density at radius 3 is 1.29 bits per heavy atom. The summed E-state index contributed by atoms with van der Waals surface area (Å²) >= 11 is 0. The highest BCUT2D eigenvalue weighted by atomic mass is 31.3. The summed E-state index contributed by atoms with van der Waals surface area (Å²) in [6, 6.07) is 0. The standard InChI is InChI=1S/C10H24O5P2/c1-7-16(11,13-9(3)4)15-17(12,8-2)14-10(5)6/h9-10H,7-8H2,1-6H3. The summed E-state index contributed by atoms with van der Waals surface area (Å²) < 4.78 is 40.2. The lowest BCUT2D eigenvalue weighted by molar-refractivity contribution is 0.177. The fourth-order valence-corrected chi connectivity index (χ4v) is 5.47. The van der Waals surface area contributed by atoms with E-state index in [0.717, 1.165) is 0 Å². The van der Waals surface area contributed by atoms with Gasteiger partial charge in [-0.15, -0.1) is 0 Å². The van der Waals surface area contributed by atoms with Gasteiger partial charge in [-0.1, -0.05) is 13.8 Å². The molecule has 0 aromatic heterocycles. The highest BCUT2D eigenvalue weighted by Crippen LogP contribution is 2.65. The van der Waals surface area contributed by atoms with Crippen molar-refractivity contribution >= 4 is 15.2 Å². The van der Waals surface area contributed by atoms with Crippen molar-refractivity contribution in [2.45, 2.75) is 53.8 Å². The minimum Gasteiger partial charge on any atom is -0.306 e. The van der Waals surface area contributed by atoms with Crippen molar-refractivity contribution in [2.24, 2.45) is 0 Å².